The number of rotatable bonds is 8. The monoisotopic (exact) mass is 431 g/mol. The maximum absolute atomic E-state index is 12.1. The first-order chi connectivity index (χ1) is 13.6. The van der Waals surface area contributed by atoms with Gasteiger partial charge in [-0.3, -0.25) is 4.79 Å². The molecule has 144 valence electrons. The Morgan fingerprint density at radius 2 is 2.04 bits per heavy atom. The molecule has 3 aromatic rings. The Morgan fingerprint density at radius 3 is 2.82 bits per heavy atom. The number of halogens is 2. The van der Waals surface area contributed by atoms with Gasteiger partial charge in [-0.1, -0.05) is 53.2 Å². The molecule has 1 heterocycles. The number of nitrogens with zero attached hydrogens (tertiary/aromatic N) is 2. The van der Waals surface area contributed by atoms with Crippen LogP contribution in [0.25, 0.3) is 6.08 Å². The third-order valence-corrected chi connectivity index (χ3v) is 5.73. The lowest BCUT2D eigenvalue weighted by molar-refractivity contribution is -0.116. The molecule has 0 radical (unpaired) electrons. The highest BCUT2D eigenvalue weighted by atomic mass is 35.5. The average Bonchev–Trinajstić information content (AvgIpc) is 3.20. The van der Waals surface area contributed by atoms with E-state index >= 15 is 0 Å². The van der Waals surface area contributed by atoms with E-state index in [0.717, 1.165) is 28.3 Å². The number of aromatic nitrogens is 2. The van der Waals surface area contributed by atoms with Gasteiger partial charge in [0, 0.05) is 46.4 Å². The lowest BCUT2D eigenvalue weighted by Crippen LogP contribution is -2.22. The topological polar surface area (TPSA) is 46.9 Å². The summed E-state index contributed by atoms with van der Waals surface area (Å²) in [5.41, 5.74) is 0.951. The fourth-order valence-corrected chi connectivity index (χ4v) is 3.96. The van der Waals surface area contributed by atoms with Crippen LogP contribution in [-0.2, 0) is 11.3 Å². The number of aryl methyl sites for hydroxylation is 1. The summed E-state index contributed by atoms with van der Waals surface area (Å²) in [6.45, 7) is 1.43. The molecular weight excluding hydrogens is 413 g/mol. The highest BCUT2D eigenvalue weighted by Crippen LogP contribution is 2.36. The van der Waals surface area contributed by atoms with Gasteiger partial charge in [-0.15, -0.1) is 0 Å². The van der Waals surface area contributed by atoms with Crippen LogP contribution in [0.4, 0.5) is 0 Å². The molecule has 0 saturated carbocycles. The lowest BCUT2D eigenvalue weighted by Gasteiger charge is -2.08. The zero-order valence-corrected chi connectivity index (χ0v) is 17.3. The summed E-state index contributed by atoms with van der Waals surface area (Å²) < 4.78 is 1.98. The number of hydrogen-bond donors (Lipinski definition) is 1. The van der Waals surface area contributed by atoms with E-state index in [9.17, 15) is 4.79 Å². The van der Waals surface area contributed by atoms with Crippen molar-refractivity contribution in [3.05, 3.63) is 82.9 Å². The molecule has 0 aliphatic rings. The van der Waals surface area contributed by atoms with E-state index in [1.807, 2.05) is 53.2 Å². The molecule has 0 saturated heterocycles. The molecule has 1 N–H and O–H groups in total. The minimum Gasteiger partial charge on any atom is -0.352 e. The SMILES string of the molecule is O=C(C=Cc1ccccc1Sc1ccc(Cl)cc1Cl)NCCCn1ccnc1. The Balaban J connectivity index is 1.56. The van der Waals surface area contributed by atoms with Gasteiger partial charge in [0.1, 0.15) is 0 Å². The molecule has 0 aliphatic carbocycles. The summed E-state index contributed by atoms with van der Waals surface area (Å²) in [6, 6.07) is 13.3. The second-order valence-corrected chi connectivity index (χ2v) is 7.92. The number of carbonyl (C=O) groups excluding carboxylic acids is 1. The zero-order chi connectivity index (χ0) is 19.8. The van der Waals surface area contributed by atoms with Gasteiger partial charge in [-0.05, 0) is 42.3 Å². The van der Waals surface area contributed by atoms with Gasteiger partial charge in [-0.25, -0.2) is 4.98 Å². The Bertz CT molecular complexity index is 958. The predicted molar refractivity (Wildman–Crippen MR) is 116 cm³/mol. The summed E-state index contributed by atoms with van der Waals surface area (Å²) in [7, 11) is 0. The van der Waals surface area contributed by atoms with Crippen molar-refractivity contribution in [3.63, 3.8) is 0 Å². The molecule has 0 fully saturated rings. The van der Waals surface area contributed by atoms with Crippen molar-refractivity contribution in [2.45, 2.75) is 22.8 Å². The maximum Gasteiger partial charge on any atom is 0.244 e. The summed E-state index contributed by atoms with van der Waals surface area (Å²) in [6.07, 6.45) is 9.63. The Kier molecular flexibility index (Phi) is 7.60. The standard InChI is InChI=1S/C21H19Cl2N3OS/c22-17-7-8-20(18(23)14-17)28-19-5-2-1-4-16(19)6-9-21(27)25-10-3-12-26-13-11-24-15-26/h1-2,4-9,11,13-15H,3,10,12H2,(H,25,27). The molecule has 7 heteroatoms. The Morgan fingerprint density at radius 1 is 1.18 bits per heavy atom. The average molecular weight is 432 g/mol. The van der Waals surface area contributed by atoms with Crippen molar-refractivity contribution in [1.29, 1.82) is 0 Å². The van der Waals surface area contributed by atoms with Crippen LogP contribution in [0.1, 0.15) is 12.0 Å². The number of benzene rings is 2. The molecular formula is C21H19Cl2N3OS. The van der Waals surface area contributed by atoms with E-state index in [1.54, 1.807) is 24.7 Å². The van der Waals surface area contributed by atoms with Gasteiger partial charge in [0.05, 0.1) is 11.3 Å². The highest BCUT2D eigenvalue weighted by Gasteiger charge is 2.07. The summed E-state index contributed by atoms with van der Waals surface area (Å²) >= 11 is 13.8. The van der Waals surface area contributed by atoms with Crippen LogP contribution in [0.5, 0.6) is 0 Å². The molecule has 0 aliphatic heterocycles. The molecule has 3 rings (SSSR count). The molecule has 28 heavy (non-hydrogen) atoms. The van der Waals surface area contributed by atoms with E-state index in [4.69, 9.17) is 23.2 Å². The first-order valence-electron chi connectivity index (χ1n) is 8.75. The highest BCUT2D eigenvalue weighted by molar-refractivity contribution is 7.99. The molecule has 0 bridgehead atoms. The van der Waals surface area contributed by atoms with E-state index in [-0.39, 0.29) is 5.91 Å². The van der Waals surface area contributed by atoms with Crippen LogP contribution in [0.3, 0.4) is 0 Å². The van der Waals surface area contributed by atoms with Crippen LogP contribution in [0.15, 0.2) is 77.1 Å². The van der Waals surface area contributed by atoms with Crippen LogP contribution >= 0.6 is 35.0 Å². The molecule has 2 aromatic carbocycles. The fraction of sp³-hybridized carbons (Fsp3) is 0.143. The summed E-state index contributed by atoms with van der Waals surface area (Å²) in [4.78, 5) is 18.0. The predicted octanol–water partition coefficient (Wildman–Crippen LogP) is 5.56. The Labute approximate surface area is 178 Å². The van der Waals surface area contributed by atoms with Gasteiger partial charge in [0.15, 0.2) is 0 Å². The fourth-order valence-electron chi connectivity index (χ4n) is 2.50. The quantitative estimate of drug-likeness (QED) is 0.375. The van der Waals surface area contributed by atoms with Gasteiger partial charge in [-0.2, -0.15) is 0 Å². The van der Waals surface area contributed by atoms with Crippen molar-refractivity contribution in [3.8, 4) is 0 Å². The lowest BCUT2D eigenvalue weighted by atomic mass is 10.2. The molecule has 4 nitrogen and oxygen atoms in total. The van der Waals surface area contributed by atoms with Gasteiger partial charge in [0.2, 0.25) is 5.91 Å². The maximum atomic E-state index is 12.1. The van der Waals surface area contributed by atoms with Gasteiger partial charge >= 0.3 is 0 Å². The van der Waals surface area contributed by atoms with Crippen LogP contribution in [0.2, 0.25) is 10.0 Å². The van der Waals surface area contributed by atoms with Gasteiger partial charge < -0.3 is 9.88 Å². The number of nitrogens with one attached hydrogen (secondary N) is 1. The van der Waals surface area contributed by atoms with Crippen molar-refractivity contribution < 1.29 is 4.79 Å². The van der Waals surface area contributed by atoms with Crippen molar-refractivity contribution in [1.82, 2.24) is 14.9 Å². The first-order valence-corrected chi connectivity index (χ1v) is 10.3. The number of carbonyl (C=O) groups is 1. The number of imidazole rings is 1. The molecule has 1 aromatic heterocycles. The van der Waals surface area contributed by atoms with E-state index in [0.29, 0.717) is 16.6 Å². The van der Waals surface area contributed by atoms with Crippen LogP contribution in [-0.4, -0.2) is 22.0 Å². The number of amides is 1. The van der Waals surface area contributed by atoms with Crippen molar-refractivity contribution in [2.75, 3.05) is 6.54 Å². The largest absolute Gasteiger partial charge is 0.352 e. The van der Waals surface area contributed by atoms with Crippen LogP contribution in [0, 0.1) is 0 Å². The Hall–Kier alpha value is -2.21. The molecule has 0 atom stereocenters. The summed E-state index contributed by atoms with van der Waals surface area (Å²) in [5.74, 6) is -0.116. The molecule has 0 spiro atoms. The van der Waals surface area contributed by atoms with E-state index in [1.165, 1.54) is 11.8 Å². The van der Waals surface area contributed by atoms with Gasteiger partial charge in [0.25, 0.3) is 0 Å². The minimum absolute atomic E-state index is 0.116. The second kappa shape index (κ2) is 10.4. The zero-order valence-electron chi connectivity index (χ0n) is 15.0. The molecule has 0 unspecified atom stereocenters. The van der Waals surface area contributed by atoms with E-state index in [2.05, 4.69) is 10.3 Å². The third kappa shape index (κ3) is 6.16. The number of hydrogen-bond acceptors (Lipinski definition) is 3. The smallest absolute Gasteiger partial charge is 0.244 e. The normalized spacial score (nSPS) is 11.1. The van der Waals surface area contributed by atoms with Crippen molar-refractivity contribution in [2.24, 2.45) is 0 Å². The van der Waals surface area contributed by atoms with Crippen molar-refractivity contribution >= 4 is 46.9 Å². The van der Waals surface area contributed by atoms with E-state index < -0.39 is 0 Å². The second-order valence-electron chi connectivity index (χ2n) is 5.99. The summed E-state index contributed by atoms with van der Waals surface area (Å²) in [5, 5.41) is 4.11. The molecule has 1 amide bonds. The minimum atomic E-state index is -0.116. The first kappa shape index (κ1) is 20.5. The third-order valence-electron chi connectivity index (χ3n) is 3.90. The van der Waals surface area contributed by atoms with Crippen LogP contribution < -0.4 is 5.32 Å².